The van der Waals surface area contributed by atoms with Crippen molar-refractivity contribution >= 4 is 29.2 Å². The number of hydrogen-bond acceptors (Lipinski definition) is 6. The Morgan fingerprint density at radius 2 is 1.63 bits per heavy atom. The van der Waals surface area contributed by atoms with Crippen molar-refractivity contribution in [2.75, 3.05) is 0 Å². The van der Waals surface area contributed by atoms with E-state index >= 15 is 0 Å². The van der Waals surface area contributed by atoms with Crippen LogP contribution in [0.15, 0.2) is 18.2 Å². The van der Waals surface area contributed by atoms with Crippen molar-refractivity contribution in [1.82, 2.24) is 0 Å². The number of nitro groups is 1. The van der Waals surface area contributed by atoms with Gasteiger partial charge in [-0.1, -0.05) is 11.6 Å². The minimum absolute atomic E-state index is 0. The van der Waals surface area contributed by atoms with Crippen molar-refractivity contribution in [3.05, 3.63) is 38.9 Å². The number of rotatable bonds is 4. The molecule has 0 fully saturated rings. The van der Waals surface area contributed by atoms with Crippen LogP contribution < -0.4 is 113 Å². The van der Waals surface area contributed by atoms with E-state index in [9.17, 15) is 29.9 Å². The number of nitro benzene ring substituents is 1. The van der Waals surface area contributed by atoms with Gasteiger partial charge in [0, 0.05) is 16.7 Å². The first kappa shape index (κ1) is 22.4. The second-order valence-corrected chi connectivity index (χ2v) is 3.47. The Labute approximate surface area is 197 Å². The molecule has 0 N–H and O–H groups in total. The van der Waals surface area contributed by atoms with Gasteiger partial charge < -0.3 is 19.8 Å². The van der Waals surface area contributed by atoms with Gasteiger partial charge in [0.2, 0.25) is 0 Å². The second kappa shape index (κ2) is 9.95. The zero-order valence-electron chi connectivity index (χ0n) is 10.1. The standard InChI is InChI=1S/C9H6ClNO6.2K/c10-4-1-2-5(6(3-4)11(16)17)7(8(12)13)9(14)15;;/h1-3,7H,(H,12,13)(H,14,15);;/q;2*+1/p-2. The molecule has 0 heterocycles. The number of nitrogens with zero attached hydrogens (tertiary/aromatic N) is 1. The first-order valence-electron chi connectivity index (χ1n) is 4.20. The third-order valence-corrected chi connectivity index (χ3v) is 2.21. The molecule has 90 valence electrons. The van der Waals surface area contributed by atoms with E-state index in [4.69, 9.17) is 11.6 Å². The van der Waals surface area contributed by atoms with Crippen molar-refractivity contribution < 1.29 is 127 Å². The van der Waals surface area contributed by atoms with Crippen LogP contribution in [0.25, 0.3) is 0 Å². The van der Waals surface area contributed by atoms with Crippen molar-refractivity contribution in [1.29, 1.82) is 0 Å². The van der Waals surface area contributed by atoms with Crippen LogP contribution in [-0.4, -0.2) is 16.9 Å². The number of carbonyl (C=O) groups is 2. The van der Waals surface area contributed by atoms with Gasteiger partial charge in [0.05, 0.1) is 22.8 Å². The molecule has 1 aromatic carbocycles. The van der Waals surface area contributed by atoms with Crippen LogP contribution in [0, 0.1) is 10.1 Å². The zero-order chi connectivity index (χ0) is 13.2. The summed E-state index contributed by atoms with van der Waals surface area (Å²) in [5.74, 6) is -6.20. The second-order valence-electron chi connectivity index (χ2n) is 3.03. The van der Waals surface area contributed by atoms with Gasteiger partial charge in [-0.05, 0) is 12.1 Å². The molecular formula is C9H4ClK2NO6. The molecule has 0 spiro atoms. The third kappa shape index (κ3) is 6.18. The molecule has 0 aliphatic carbocycles. The van der Waals surface area contributed by atoms with Crippen LogP contribution in [0.3, 0.4) is 0 Å². The molecule has 7 nitrogen and oxygen atoms in total. The van der Waals surface area contributed by atoms with Crippen molar-refractivity contribution in [3.63, 3.8) is 0 Å². The molecule has 0 amide bonds. The number of carboxylic acid groups (broad SMARTS) is 2. The topological polar surface area (TPSA) is 123 Å². The number of carboxylic acids is 2. The SMILES string of the molecule is O=C([O-])C(C(=O)[O-])c1ccc(Cl)cc1[N+](=O)[O-].[K+].[K+]. The Kier molecular flexibility index (Phi) is 11.7. The molecule has 0 unspecified atom stereocenters. The largest absolute Gasteiger partial charge is 1.00 e. The summed E-state index contributed by atoms with van der Waals surface area (Å²) >= 11 is 5.49. The molecule has 0 atom stereocenters. The monoisotopic (exact) mass is 335 g/mol. The van der Waals surface area contributed by atoms with Gasteiger partial charge in [-0.15, -0.1) is 0 Å². The molecule has 0 aromatic heterocycles. The van der Waals surface area contributed by atoms with Crippen molar-refractivity contribution in [2.24, 2.45) is 0 Å². The van der Waals surface area contributed by atoms with E-state index in [0.29, 0.717) is 0 Å². The average Bonchev–Trinajstić information content (AvgIpc) is 2.19. The summed E-state index contributed by atoms with van der Waals surface area (Å²) in [6.45, 7) is 0. The number of benzene rings is 1. The van der Waals surface area contributed by atoms with E-state index < -0.39 is 34.0 Å². The summed E-state index contributed by atoms with van der Waals surface area (Å²) in [6, 6.07) is 2.94. The minimum atomic E-state index is -2.22. The van der Waals surface area contributed by atoms with Crippen molar-refractivity contribution in [2.45, 2.75) is 5.92 Å². The fourth-order valence-corrected chi connectivity index (χ4v) is 1.44. The molecule has 0 saturated heterocycles. The number of hydrogen-bond donors (Lipinski definition) is 0. The van der Waals surface area contributed by atoms with Gasteiger partial charge >= 0.3 is 103 Å². The number of halogens is 1. The maximum atomic E-state index is 10.6. The molecule has 0 aliphatic rings. The first-order valence-corrected chi connectivity index (χ1v) is 4.58. The van der Waals surface area contributed by atoms with Crippen LogP contribution >= 0.6 is 11.6 Å². The summed E-state index contributed by atoms with van der Waals surface area (Å²) < 4.78 is 0. The van der Waals surface area contributed by atoms with E-state index in [0.717, 1.165) is 18.2 Å². The van der Waals surface area contributed by atoms with E-state index in [1.54, 1.807) is 0 Å². The molecule has 19 heavy (non-hydrogen) atoms. The maximum Gasteiger partial charge on any atom is 1.00 e. The quantitative estimate of drug-likeness (QED) is 0.233. The summed E-state index contributed by atoms with van der Waals surface area (Å²) in [4.78, 5) is 30.9. The molecule has 0 aliphatic heterocycles. The molecule has 1 rings (SSSR count). The van der Waals surface area contributed by atoms with Crippen LogP contribution in [0.1, 0.15) is 11.5 Å². The van der Waals surface area contributed by atoms with Crippen molar-refractivity contribution in [3.8, 4) is 0 Å². The Balaban J connectivity index is 0. The Hall–Kier alpha value is 1.12. The summed E-state index contributed by atoms with van der Waals surface area (Å²) in [5.41, 5.74) is -1.25. The minimum Gasteiger partial charge on any atom is -0.549 e. The van der Waals surface area contributed by atoms with Crippen LogP contribution in [0.4, 0.5) is 5.69 Å². The Morgan fingerprint density at radius 3 is 2.00 bits per heavy atom. The van der Waals surface area contributed by atoms with Gasteiger partial charge in [0.15, 0.2) is 0 Å². The molecular weight excluding hydrogens is 332 g/mol. The molecule has 0 saturated carbocycles. The van der Waals surface area contributed by atoms with Gasteiger partial charge in [-0.25, -0.2) is 0 Å². The first-order chi connectivity index (χ1) is 7.84. The maximum absolute atomic E-state index is 10.6. The molecule has 0 bridgehead atoms. The van der Waals surface area contributed by atoms with Crippen LogP contribution in [0.5, 0.6) is 0 Å². The van der Waals surface area contributed by atoms with E-state index in [-0.39, 0.29) is 108 Å². The van der Waals surface area contributed by atoms with E-state index in [2.05, 4.69) is 0 Å². The number of carbonyl (C=O) groups excluding carboxylic acids is 2. The van der Waals surface area contributed by atoms with Crippen LogP contribution in [-0.2, 0) is 9.59 Å². The molecule has 0 radical (unpaired) electrons. The van der Waals surface area contributed by atoms with E-state index in [1.807, 2.05) is 0 Å². The fourth-order valence-electron chi connectivity index (χ4n) is 1.27. The summed E-state index contributed by atoms with van der Waals surface area (Å²) in [7, 11) is 0. The predicted molar refractivity (Wildman–Crippen MR) is 50.9 cm³/mol. The third-order valence-electron chi connectivity index (χ3n) is 1.97. The normalized spacial score (nSPS) is 9.16. The molecule has 10 heteroatoms. The van der Waals surface area contributed by atoms with Gasteiger partial charge in [-0.2, -0.15) is 0 Å². The van der Waals surface area contributed by atoms with Gasteiger partial charge in [0.25, 0.3) is 5.69 Å². The van der Waals surface area contributed by atoms with Gasteiger partial charge in [-0.3, -0.25) is 10.1 Å². The van der Waals surface area contributed by atoms with E-state index in [1.165, 1.54) is 0 Å². The molecule has 1 aromatic rings. The summed E-state index contributed by atoms with van der Waals surface area (Å²) in [6.07, 6.45) is 0. The summed E-state index contributed by atoms with van der Waals surface area (Å²) in [5, 5.41) is 31.9. The Bertz CT molecular complexity index is 495. The Morgan fingerprint density at radius 1 is 1.16 bits per heavy atom. The van der Waals surface area contributed by atoms with Gasteiger partial charge in [0.1, 0.15) is 0 Å². The fraction of sp³-hybridized carbons (Fsp3) is 0.111. The number of aliphatic carboxylic acids is 2. The zero-order valence-corrected chi connectivity index (χ0v) is 17.1. The predicted octanol–water partition coefficient (Wildman–Crippen LogP) is -7.16. The average molecular weight is 336 g/mol. The smallest absolute Gasteiger partial charge is 0.549 e. The van der Waals surface area contributed by atoms with Crippen LogP contribution in [0.2, 0.25) is 5.02 Å².